The van der Waals surface area contributed by atoms with Crippen molar-refractivity contribution in [2.45, 2.75) is 31.8 Å². The van der Waals surface area contributed by atoms with E-state index in [2.05, 4.69) is 11.9 Å². The molecule has 11 nitrogen and oxygen atoms in total. The second-order valence-electron chi connectivity index (χ2n) is 11.6. The van der Waals surface area contributed by atoms with Gasteiger partial charge < -0.3 is 24.3 Å². The number of carbonyl (C=O) groups excluding carboxylic acids is 2. The normalized spacial score (nSPS) is 21.5. The van der Waals surface area contributed by atoms with E-state index in [0.717, 1.165) is 10.1 Å². The lowest BCUT2D eigenvalue weighted by molar-refractivity contribution is -0.130. The summed E-state index contributed by atoms with van der Waals surface area (Å²) in [6.07, 6.45) is 0.184. The number of nitrogens with zero attached hydrogens (tertiary/aromatic N) is 2. The Labute approximate surface area is 263 Å². The number of aromatic nitrogens is 2. The molecule has 3 heterocycles. The molecule has 3 atom stereocenters. The van der Waals surface area contributed by atoms with Crippen molar-refractivity contribution in [3.63, 3.8) is 0 Å². The maximum Gasteiger partial charge on any atom is 0.332 e. The first kappa shape index (κ1) is 30.3. The third-order valence-corrected chi connectivity index (χ3v) is 9.11. The Balaban J connectivity index is 1.59. The lowest BCUT2D eigenvalue weighted by Crippen LogP contribution is -2.58. The molecule has 1 aliphatic carbocycles. The SMILES string of the molecule is C=C(C)COc1cccc(C2C3=C(C[C@@H](C)[C@]4(Oc5c(Cl)c(OC)cc(OC)c5C4=O)C3=O)Nc3c2c(=O)n(C)c(=O)n3C)c1. The highest BCUT2D eigenvalue weighted by Gasteiger charge is 2.63. The highest BCUT2D eigenvalue weighted by atomic mass is 35.5. The summed E-state index contributed by atoms with van der Waals surface area (Å²) in [5, 5.41) is 3.25. The van der Waals surface area contributed by atoms with Gasteiger partial charge in [0.05, 0.1) is 19.8 Å². The smallest absolute Gasteiger partial charge is 0.332 e. The summed E-state index contributed by atoms with van der Waals surface area (Å²) in [7, 11) is 5.75. The van der Waals surface area contributed by atoms with Crippen molar-refractivity contribution in [3.05, 3.63) is 96.3 Å². The molecule has 45 heavy (non-hydrogen) atoms. The number of hydrogen-bond donors (Lipinski definition) is 1. The third-order valence-electron chi connectivity index (χ3n) is 8.75. The predicted octanol–water partition coefficient (Wildman–Crippen LogP) is 4.14. The minimum absolute atomic E-state index is 0.00339. The molecule has 12 heteroatoms. The zero-order valence-electron chi connectivity index (χ0n) is 25.7. The summed E-state index contributed by atoms with van der Waals surface area (Å²) in [4.78, 5) is 56.3. The fraction of sp³-hybridized carbons (Fsp3) is 0.333. The van der Waals surface area contributed by atoms with Crippen molar-refractivity contribution < 1.29 is 28.5 Å². The molecular formula is C33H32ClN3O8. The molecule has 1 aromatic heterocycles. The Morgan fingerprint density at radius 2 is 1.80 bits per heavy atom. The molecule has 0 bridgehead atoms. The molecule has 0 saturated carbocycles. The van der Waals surface area contributed by atoms with Crippen LogP contribution >= 0.6 is 11.6 Å². The maximum absolute atomic E-state index is 15.0. The highest BCUT2D eigenvalue weighted by Crippen LogP contribution is 2.56. The number of halogens is 1. The van der Waals surface area contributed by atoms with Gasteiger partial charge in [0.15, 0.2) is 5.75 Å². The number of methoxy groups -OCH3 is 2. The first-order valence-electron chi connectivity index (χ1n) is 14.3. The summed E-state index contributed by atoms with van der Waals surface area (Å²) in [6, 6.07) is 8.51. The zero-order valence-corrected chi connectivity index (χ0v) is 26.5. The van der Waals surface area contributed by atoms with Crippen molar-refractivity contribution in [1.82, 2.24) is 9.13 Å². The molecule has 1 N–H and O–H groups in total. The zero-order chi connectivity index (χ0) is 32.5. The standard InChI is InChI=1S/C33H32ClN3O8/c1-15(2)14-44-18-10-8-9-17(12-18)22-23-19(35-30-25(22)31(40)37(5)32(41)36(30)4)11-16(3)33(28(23)38)29(39)24-20(42-6)13-21(43-7)26(34)27(24)45-33/h8-10,12-13,16,22,35H,1,11,14H2,2-7H3/t16-,22?,33+/m1/s1. The Bertz CT molecular complexity index is 1990. The van der Waals surface area contributed by atoms with Gasteiger partial charge in [0.25, 0.3) is 5.56 Å². The van der Waals surface area contributed by atoms with Gasteiger partial charge in [-0.1, -0.05) is 37.2 Å². The van der Waals surface area contributed by atoms with Gasteiger partial charge in [0.2, 0.25) is 17.2 Å². The van der Waals surface area contributed by atoms with Crippen molar-refractivity contribution in [1.29, 1.82) is 0 Å². The fourth-order valence-corrected chi connectivity index (χ4v) is 6.78. The van der Waals surface area contributed by atoms with Gasteiger partial charge in [-0.25, -0.2) is 4.79 Å². The number of anilines is 1. The fourth-order valence-electron chi connectivity index (χ4n) is 6.51. The van der Waals surface area contributed by atoms with Crippen LogP contribution in [-0.4, -0.2) is 47.1 Å². The van der Waals surface area contributed by atoms with Crippen LogP contribution in [0.5, 0.6) is 23.0 Å². The summed E-state index contributed by atoms with van der Waals surface area (Å²) in [6.45, 7) is 7.73. The molecule has 2 aromatic carbocycles. The van der Waals surface area contributed by atoms with Gasteiger partial charge in [-0.05, 0) is 36.6 Å². The number of allylic oxidation sites excluding steroid dienone is 1. The third kappa shape index (κ3) is 4.24. The Morgan fingerprint density at radius 3 is 2.47 bits per heavy atom. The summed E-state index contributed by atoms with van der Waals surface area (Å²) in [5.41, 5.74) is -0.869. The first-order chi connectivity index (χ1) is 21.4. The number of rotatable bonds is 6. The van der Waals surface area contributed by atoms with Crippen LogP contribution < -0.4 is 35.5 Å². The Hall–Kier alpha value is -4.77. The van der Waals surface area contributed by atoms with Crippen molar-refractivity contribution >= 4 is 29.0 Å². The second kappa shape index (κ2) is 10.7. The van der Waals surface area contributed by atoms with E-state index in [1.165, 1.54) is 31.9 Å². The molecule has 0 fully saturated rings. The van der Waals surface area contributed by atoms with Crippen LogP contribution in [0.1, 0.15) is 47.7 Å². The van der Waals surface area contributed by atoms with Gasteiger partial charge in [0, 0.05) is 43.3 Å². The Kier molecular flexibility index (Phi) is 7.19. The number of nitrogens with one attached hydrogen (secondary N) is 1. The van der Waals surface area contributed by atoms with E-state index >= 15 is 4.79 Å². The molecule has 6 rings (SSSR count). The summed E-state index contributed by atoms with van der Waals surface area (Å²) in [5.74, 6) is -1.74. The van der Waals surface area contributed by atoms with E-state index in [-0.39, 0.29) is 57.8 Å². The van der Waals surface area contributed by atoms with Crippen LogP contribution in [0.4, 0.5) is 5.82 Å². The quantitative estimate of drug-likeness (QED) is 0.315. The number of ether oxygens (including phenoxy) is 4. The van der Waals surface area contributed by atoms with Crippen LogP contribution in [-0.2, 0) is 18.9 Å². The number of hydrogen-bond acceptors (Lipinski definition) is 9. The number of benzene rings is 2. The topological polar surface area (TPSA) is 127 Å². The van der Waals surface area contributed by atoms with E-state index in [1.54, 1.807) is 38.2 Å². The first-order valence-corrected chi connectivity index (χ1v) is 14.6. The lowest BCUT2D eigenvalue weighted by atomic mass is 9.66. The summed E-state index contributed by atoms with van der Waals surface area (Å²) >= 11 is 6.63. The minimum atomic E-state index is -2.00. The van der Waals surface area contributed by atoms with E-state index in [0.29, 0.717) is 17.0 Å². The van der Waals surface area contributed by atoms with Crippen LogP contribution in [0.15, 0.2) is 63.3 Å². The van der Waals surface area contributed by atoms with E-state index in [9.17, 15) is 14.4 Å². The average Bonchev–Trinajstić information content (AvgIpc) is 3.34. The molecule has 0 saturated heterocycles. The molecular weight excluding hydrogens is 602 g/mol. The molecule has 1 spiro atoms. The number of Topliss-reactive ketones (excluding diaryl/α,β-unsaturated/α-hetero) is 2. The molecule has 0 radical (unpaired) electrons. The van der Waals surface area contributed by atoms with Gasteiger partial charge >= 0.3 is 5.69 Å². The largest absolute Gasteiger partial charge is 0.496 e. The van der Waals surface area contributed by atoms with Crippen LogP contribution in [0.3, 0.4) is 0 Å². The van der Waals surface area contributed by atoms with Crippen molar-refractivity contribution in [2.24, 2.45) is 20.0 Å². The number of ketones is 2. The lowest BCUT2D eigenvalue weighted by Gasteiger charge is -2.42. The molecule has 3 aliphatic rings. The van der Waals surface area contributed by atoms with Crippen LogP contribution in [0.2, 0.25) is 5.02 Å². The minimum Gasteiger partial charge on any atom is -0.496 e. The van der Waals surface area contributed by atoms with Gasteiger partial charge in [-0.2, -0.15) is 0 Å². The summed E-state index contributed by atoms with van der Waals surface area (Å²) < 4.78 is 25.5. The molecule has 0 amide bonds. The molecule has 3 aromatic rings. The Morgan fingerprint density at radius 1 is 1.09 bits per heavy atom. The van der Waals surface area contributed by atoms with Gasteiger partial charge in [0.1, 0.15) is 40.3 Å². The van der Waals surface area contributed by atoms with Crippen LogP contribution in [0.25, 0.3) is 0 Å². The van der Waals surface area contributed by atoms with Crippen molar-refractivity contribution in [2.75, 3.05) is 26.1 Å². The average molecular weight is 634 g/mol. The van der Waals surface area contributed by atoms with E-state index in [4.69, 9.17) is 30.5 Å². The number of carbonyl (C=O) groups is 2. The molecule has 234 valence electrons. The number of fused-ring (bicyclic) bond motifs is 2. The predicted molar refractivity (Wildman–Crippen MR) is 167 cm³/mol. The van der Waals surface area contributed by atoms with Crippen LogP contribution in [0, 0.1) is 5.92 Å². The van der Waals surface area contributed by atoms with E-state index < -0.39 is 40.3 Å². The maximum atomic E-state index is 15.0. The molecule has 2 aliphatic heterocycles. The van der Waals surface area contributed by atoms with Crippen molar-refractivity contribution in [3.8, 4) is 23.0 Å². The van der Waals surface area contributed by atoms with Gasteiger partial charge in [-0.3, -0.25) is 23.5 Å². The molecule has 1 unspecified atom stereocenters. The van der Waals surface area contributed by atoms with Gasteiger partial charge in [-0.15, -0.1) is 0 Å². The highest BCUT2D eigenvalue weighted by molar-refractivity contribution is 6.36. The van der Waals surface area contributed by atoms with E-state index in [1.807, 2.05) is 6.92 Å². The monoisotopic (exact) mass is 633 g/mol. The second-order valence-corrected chi connectivity index (χ2v) is 12.0.